The van der Waals surface area contributed by atoms with E-state index in [4.69, 9.17) is 4.74 Å². The van der Waals surface area contributed by atoms with Crippen molar-refractivity contribution in [2.45, 2.75) is 32.3 Å². The number of amides is 1. The van der Waals surface area contributed by atoms with Crippen LogP contribution in [0.4, 0.5) is 0 Å². The Morgan fingerprint density at radius 1 is 1.47 bits per heavy atom. The zero-order chi connectivity index (χ0) is 13.7. The van der Waals surface area contributed by atoms with Crippen LogP contribution in [0.2, 0.25) is 0 Å². The Morgan fingerprint density at radius 3 is 2.89 bits per heavy atom. The van der Waals surface area contributed by atoms with E-state index in [2.05, 4.69) is 5.32 Å². The number of aliphatic hydroxyl groups is 1. The summed E-state index contributed by atoms with van der Waals surface area (Å²) in [6, 6.07) is 7.30. The predicted molar refractivity (Wildman–Crippen MR) is 72.9 cm³/mol. The van der Waals surface area contributed by atoms with E-state index in [1.165, 1.54) is 12.8 Å². The van der Waals surface area contributed by atoms with E-state index < -0.39 is 6.10 Å². The van der Waals surface area contributed by atoms with Crippen LogP contribution in [0.5, 0.6) is 5.75 Å². The number of hydrogen-bond donors (Lipinski definition) is 2. The SMILES string of the molecule is CC[C@@H](O)c1ccccc1OCC(=O)NCC1CC1. The zero-order valence-corrected chi connectivity index (χ0v) is 11.3. The molecule has 4 heteroatoms. The van der Waals surface area contributed by atoms with E-state index in [1.807, 2.05) is 25.1 Å². The van der Waals surface area contributed by atoms with Gasteiger partial charge >= 0.3 is 0 Å². The Morgan fingerprint density at radius 2 is 2.21 bits per heavy atom. The van der Waals surface area contributed by atoms with Gasteiger partial charge in [0.25, 0.3) is 5.91 Å². The van der Waals surface area contributed by atoms with E-state index in [0.29, 0.717) is 18.1 Å². The third kappa shape index (κ3) is 4.24. The lowest BCUT2D eigenvalue weighted by Gasteiger charge is -2.14. The summed E-state index contributed by atoms with van der Waals surface area (Å²) in [6.07, 6.45) is 2.50. The Hall–Kier alpha value is -1.55. The standard InChI is InChI=1S/C15H21NO3/c1-2-13(17)12-5-3-4-6-14(12)19-10-15(18)16-9-11-7-8-11/h3-6,11,13,17H,2,7-10H2,1H3,(H,16,18)/t13-/m1/s1. The molecular formula is C15H21NO3. The first kappa shape index (κ1) is 13.9. The number of carbonyl (C=O) groups excluding carboxylic acids is 1. The fourth-order valence-corrected chi connectivity index (χ4v) is 1.88. The fourth-order valence-electron chi connectivity index (χ4n) is 1.88. The van der Waals surface area contributed by atoms with Crippen molar-refractivity contribution in [3.05, 3.63) is 29.8 Å². The van der Waals surface area contributed by atoms with Crippen LogP contribution < -0.4 is 10.1 Å². The zero-order valence-electron chi connectivity index (χ0n) is 11.3. The van der Waals surface area contributed by atoms with Gasteiger partial charge in [0.15, 0.2) is 6.61 Å². The maximum Gasteiger partial charge on any atom is 0.257 e. The minimum absolute atomic E-state index is 0.000166. The molecule has 1 aromatic carbocycles. The molecule has 1 amide bonds. The van der Waals surface area contributed by atoms with Gasteiger partial charge in [-0.05, 0) is 31.2 Å². The van der Waals surface area contributed by atoms with Crippen molar-refractivity contribution in [2.75, 3.05) is 13.2 Å². The maximum absolute atomic E-state index is 11.6. The van der Waals surface area contributed by atoms with Crippen molar-refractivity contribution in [2.24, 2.45) is 5.92 Å². The Labute approximate surface area is 113 Å². The molecule has 0 unspecified atom stereocenters. The molecule has 1 fully saturated rings. The largest absolute Gasteiger partial charge is 0.483 e. The minimum Gasteiger partial charge on any atom is -0.483 e. The molecule has 0 aromatic heterocycles. The van der Waals surface area contributed by atoms with Gasteiger partial charge < -0.3 is 15.2 Å². The second kappa shape index (κ2) is 6.57. The van der Waals surface area contributed by atoms with Crippen LogP contribution in [0, 0.1) is 5.92 Å². The molecule has 2 rings (SSSR count). The number of hydrogen-bond acceptors (Lipinski definition) is 3. The minimum atomic E-state index is -0.550. The highest BCUT2D eigenvalue weighted by molar-refractivity contribution is 5.77. The van der Waals surface area contributed by atoms with Crippen LogP contribution in [-0.4, -0.2) is 24.2 Å². The van der Waals surface area contributed by atoms with Gasteiger partial charge in [0.05, 0.1) is 6.10 Å². The van der Waals surface area contributed by atoms with Crippen LogP contribution in [0.3, 0.4) is 0 Å². The highest BCUT2D eigenvalue weighted by Crippen LogP contribution is 2.28. The lowest BCUT2D eigenvalue weighted by atomic mass is 10.1. The fraction of sp³-hybridized carbons (Fsp3) is 0.533. The van der Waals surface area contributed by atoms with Crippen molar-refractivity contribution in [1.82, 2.24) is 5.32 Å². The average Bonchev–Trinajstić information content (AvgIpc) is 3.26. The molecule has 1 aliphatic carbocycles. The van der Waals surface area contributed by atoms with Crippen molar-refractivity contribution in [3.8, 4) is 5.75 Å². The summed E-state index contributed by atoms with van der Waals surface area (Å²) in [5.41, 5.74) is 0.736. The highest BCUT2D eigenvalue weighted by Gasteiger charge is 2.21. The normalized spacial score (nSPS) is 15.9. The molecule has 2 N–H and O–H groups in total. The molecule has 0 saturated heterocycles. The van der Waals surface area contributed by atoms with E-state index in [0.717, 1.165) is 12.1 Å². The van der Waals surface area contributed by atoms with Gasteiger partial charge in [-0.1, -0.05) is 25.1 Å². The number of ether oxygens (including phenoxy) is 1. The molecule has 1 aliphatic rings. The van der Waals surface area contributed by atoms with Gasteiger partial charge in [0.1, 0.15) is 5.75 Å². The summed E-state index contributed by atoms with van der Waals surface area (Å²) in [5, 5.41) is 12.7. The molecule has 1 atom stereocenters. The summed E-state index contributed by atoms with van der Waals surface area (Å²) in [7, 11) is 0. The molecule has 0 bridgehead atoms. The number of carbonyl (C=O) groups is 1. The van der Waals surface area contributed by atoms with Crippen LogP contribution in [-0.2, 0) is 4.79 Å². The van der Waals surface area contributed by atoms with Crippen LogP contribution in [0.1, 0.15) is 37.9 Å². The van der Waals surface area contributed by atoms with Crippen LogP contribution in [0.15, 0.2) is 24.3 Å². The van der Waals surface area contributed by atoms with Crippen molar-refractivity contribution < 1.29 is 14.6 Å². The molecule has 0 radical (unpaired) electrons. The number of para-hydroxylation sites is 1. The van der Waals surface area contributed by atoms with Crippen molar-refractivity contribution in [3.63, 3.8) is 0 Å². The molecule has 104 valence electrons. The topological polar surface area (TPSA) is 58.6 Å². The third-order valence-corrected chi connectivity index (χ3v) is 3.31. The quantitative estimate of drug-likeness (QED) is 0.791. The monoisotopic (exact) mass is 263 g/mol. The number of nitrogens with one attached hydrogen (secondary N) is 1. The van der Waals surface area contributed by atoms with Crippen molar-refractivity contribution in [1.29, 1.82) is 0 Å². The molecule has 1 saturated carbocycles. The number of aliphatic hydroxyl groups excluding tert-OH is 1. The molecule has 0 heterocycles. The second-order valence-electron chi connectivity index (χ2n) is 5.00. The van der Waals surface area contributed by atoms with Gasteiger partial charge in [-0.3, -0.25) is 4.79 Å². The summed E-state index contributed by atoms with van der Waals surface area (Å²) in [4.78, 5) is 11.6. The Bertz CT molecular complexity index is 429. The molecule has 19 heavy (non-hydrogen) atoms. The number of rotatable bonds is 7. The second-order valence-corrected chi connectivity index (χ2v) is 5.00. The van der Waals surface area contributed by atoms with Crippen molar-refractivity contribution >= 4 is 5.91 Å². The van der Waals surface area contributed by atoms with Crippen LogP contribution in [0.25, 0.3) is 0 Å². The van der Waals surface area contributed by atoms with Gasteiger partial charge in [0, 0.05) is 12.1 Å². The Balaban J connectivity index is 1.85. The highest BCUT2D eigenvalue weighted by atomic mass is 16.5. The van der Waals surface area contributed by atoms with E-state index >= 15 is 0 Å². The maximum atomic E-state index is 11.6. The lowest BCUT2D eigenvalue weighted by molar-refractivity contribution is -0.123. The summed E-state index contributed by atoms with van der Waals surface area (Å²) < 4.78 is 5.50. The molecule has 0 aliphatic heterocycles. The smallest absolute Gasteiger partial charge is 0.257 e. The first-order valence-corrected chi connectivity index (χ1v) is 6.87. The van der Waals surface area contributed by atoms with Gasteiger partial charge in [-0.15, -0.1) is 0 Å². The van der Waals surface area contributed by atoms with Gasteiger partial charge in [0.2, 0.25) is 0 Å². The lowest BCUT2D eigenvalue weighted by Crippen LogP contribution is -2.30. The molecule has 0 spiro atoms. The van der Waals surface area contributed by atoms with Crippen LogP contribution >= 0.6 is 0 Å². The molecular weight excluding hydrogens is 242 g/mol. The van der Waals surface area contributed by atoms with E-state index in [9.17, 15) is 9.90 Å². The Kier molecular flexibility index (Phi) is 4.80. The first-order valence-electron chi connectivity index (χ1n) is 6.87. The summed E-state index contributed by atoms with van der Waals surface area (Å²) >= 11 is 0. The summed E-state index contributed by atoms with van der Waals surface area (Å²) in [6.45, 7) is 2.66. The number of benzene rings is 1. The van der Waals surface area contributed by atoms with Gasteiger partial charge in [-0.2, -0.15) is 0 Å². The molecule has 4 nitrogen and oxygen atoms in total. The van der Waals surface area contributed by atoms with Gasteiger partial charge in [-0.25, -0.2) is 0 Å². The summed E-state index contributed by atoms with van der Waals surface area (Å²) in [5.74, 6) is 1.14. The molecule has 1 aromatic rings. The first-order chi connectivity index (χ1) is 9.20. The van der Waals surface area contributed by atoms with E-state index in [-0.39, 0.29) is 12.5 Å². The van der Waals surface area contributed by atoms with E-state index in [1.54, 1.807) is 6.07 Å². The third-order valence-electron chi connectivity index (χ3n) is 3.31. The predicted octanol–water partition coefficient (Wildman–Crippen LogP) is 2.04. The average molecular weight is 263 g/mol.